The van der Waals surface area contributed by atoms with Crippen LogP contribution in [0.15, 0.2) is 24.3 Å². The van der Waals surface area contributed by atoms with Gasteiger partial charge in [-0.15, -0.1) is 0 Å². The molecule has 5 rings (SSSR count). The summed E-state index contributed by atoms with van der Waals surface area (Å²) in [6.07, 6.45) is 3.60. The van der Waals surface area contributed by atoms with E-state index in [1.807, 2.05) is 0 Å². The quantitative estimate of drug-likeness (QED) is 0.821. The van der Waals surface area contributed by atoms with Crippen molar-refractivity contribution >= 4 is 10.9 Å². The Kier molecular flexibility index (Phi) is 3.09. The molecule has 122 valence electrons. The van der Waals surface area contributed by atoms with Gasteiger partial charge in [0.25, 0.3) is 0 Å². The highest BCUT2D eigenvalue weighted by Gasteiger charge is 2.47. The molecule has 0 aliphatic carbocycles. The highest BCUT2D eigenvalue weighted by atomic mass is 16.7. The van der Waals surface area contributed by atoms with E-state index in [0.29, 0.717) is 12.0 Å². The summed E-state index contributed by atoms with van der Waals surface area (Å²) >= 11 is 0. The van der Waals surface area contributed by atoms with Crippen molar-refractivity contribution in [3.63, 3.8) is 0 Å². The number of hydrogen-bond acceptors (Lipinski definition) is 2. The fourth-order valence-corrected chi connectivity index (χ4v) is 5.01. The third kappa shape index (κ3) is 2.09. The second-order valence-corrected chi connectivity index (χ2v) is 7.65. The molecule has 23 heavy (non-hydrogen) atoms. The molecule has 4 nitrogen and oxygen atoms in total. The number of quaternary nitrogens is 1. The van der Waals surface area contributed by atoms with Crippen molar-refractivity contribution in [3.05, 3.63) is 35.5 Å². The number of hydrogen-bond donors (Lipinski definition) is 1. The van der Waals surface area contributed by atoms with Crippen molar-refractivity contribution in [2.75, 3.05) is 33.4 Å². The Morgan fingerprint density at radius 2 is 1.96 bits per heavy atom. The van der Waals surface area contributed by atoms with E-state index in [-0.39, 0.29) is 6.29 Å². The lowest BCUT2D eigenvalue weighted by molar-refractivity contribution is -0.948. The van der Waals surface area contributed by atoms with E-state index in [1.165, 1.54) is 53.4 Å². The van der Waals surface area contributed by atoms with E-state index in [2.05, 4.69) is 36.3 Å². The number of nitrogens with one attached hydrogen (secondary N) is 1. The average Bonchev–Trinajstić information content (AvgIpc) is 3.21. The van der Waals surface area contributed by atoms with Crippen LogP contribution in [0.4, 0.5) is 0 Å². The van der Waals surface area contributed by atoms with E-state index in [9.17, 15) is 0 Å². The third-order valence-electron chi connectivity index (χ3n) is 6.37. The molecule has 0 saturated carbocycles. The van der Waals surface area contributed by atoms with Crippen molar-refractivity contribution in [1.29, 1.82) is 0 Å². The number of likely N-dealkylation sites (N-methyl/N-ethyl adjacent to an activating group) is 1. The Bertz CT molecular complexity index is 734. The topological polar surface area (TPSA) is 34.2 Å². The van der Waals surface area contributed by atoms with Gasteiger partial charge in [-0.25, -0.2) is 0 Å². The first kappa shape index (κ1) is 14.0. The SMILES string of the molecule is C[N@+]12CCc3c([nH]c4ccccc34)[C@@H]1C[C@H](C1OCCO1)CC2. The lowest BCUT2D eigenvalue weighted by Gasteiger charge is -2.49. The van der Waals surface area contributed by atoms with E-state index in [4.69, 9.17) is 9.47 Å². The van der Waals surface area contributed by atoms with Crippen molar-refractivity contribution in [2.24, 2.45) is 5.92 Å². The highest BCUT2D eigenvalue weighted by Crippen LogP contribution is 2.46. The second kappa shape index (κ2) is 5.07. The number of rotatable bonds is 1. The molecule has 0 spiro atoms. The van der Waals surface area contributed by atoms with Gasteiger partial charge >= 0.3 is 0 Å². The van der Waals surface area contributed by atoms with Crippen LogP contribution in [0.3, 0.4) is 0 Å². The van der Waals surface area contributed by atoms with Crippen LogP contribution in [0.1, 0.15) is 30.1 Å². The van der Waals surface area contributed by atoms with Crippen LogP contribution in [-0.4, -0.2) is 49.1 Å². The molecule has 2 saturated heterocycles. The molecule has 3 aliphatic rings. The molecule has 4 heterocycles. The maximum absolute atomic E-state index is 5.81. The van der Waals surface area contributed by atoms with Crippen molar-refractivity contribution in [3.8, 4) is 0 Å². The van der Waals surface area contributed by atoms with Crippen molar-refractivity contribution in [1.82, 2.24) is 4.98 Å². The van der Waals surface area contributed by atoms with Crippen LogP contribution >= 0.6 is 0 Å². The number of nitrogens with zero attached hydrogens (tertiary/aromatic N) is 1. The standard InChI is InChI=1S/C19H25N2O2/c1-21-8-6-13(19-22-10-11-23-19)12-17(21)18-15(7-9-21)14-4-2-3-5-16(14)20-18/h2-5,13,17,19-20H,6-12H2,1H3/q+1/t13-,17+,21+/m1/s1. The first-order valence-corrected chi connectivity index (χ1v) is 8.91. The molecule has 3 aliphatic heterocycles. The van der Waals surface area contributed by atoms with Gasteiger partial charge in [-0.3, -0.25) is 0 Å². The van der Waals surface area contributed by atoms with Crippen LogP contribution < -0.4 is 0 Å². The highest BCUT2D eigenvalue weighted by molar-refractivity contribution is 5.85. The summed E-state index contributed by atoms with van der Waals surface area (Å²) in [5.74, 6) is 0.533. The summed E-state index contributed by atoms with van der Waals surface area (Å²) in [6.45, 7) is 4.00. The minimum Gasteiger partial charge on any atom is -0.353 e. The summed E-state index contributed by atoms with van der Waals surface area (Å²) in [7, 11) is 2.44. The third-order valence-corrected chi connectivity index (χ3v) is 6.37. The zero-order valence-corrected chi connectivity index (χ0v) is 13.8. The van der Waals surface area contributed by atoms with Crippen LogP contribution in [0.5, 0.6) is 0 Å². The zero-order valence-electron chi connectivity index (χ0n) is 13.8. The summed E-state index contributed by atoms with van der Waals surface area (Å²) in [6, 6.07) is 9.31. The van der Waals surface area contributed by atoms with E-state index in [0.717, 1.165) is 13.2 Å². The molecule has 0 unspecified atom stereocenters. The fraction of sp³-hybridized carbons (Fsp3) is 0.579. The maximum atomic E-state index is 5.81. The zero-order chi connectivity index (χ0) is 15.4. The molecule has 1 aromatic heterocycles. The van der Waals surface area contributed by atoms with E-state index >= 15 is 0 Å². The van der Waals surface area contributed by atoms with Gasteiger partial charge in [-0.1, -0.05) is 18.2 Å². The number of benzene rings is 1. The van der Waals surface area contributed by atoms with Crippen LogP contribution in [0.2, 0.25) is 0 Å². The first-order chi connectivity index (χ1) is 11.2. The summed E-state index contributed by atoms with van der Waals surface area (Å²) in [5.41, 5.74) is 4.32. The van der Waals surface area contributed by atoms with Crippen LogP contribution in [0, 0.1) is 5.92 Å². The monoisotopic (exact) mass is 313 g/mol. The van der Waals surface area contributed by atoms with Gasteiger partial charge in [0.1, 0.15) is 6.04 Å². The van der Waals surface area contributed by atoms with Crippen LogP contribution in [0.25, 0.3) is 10.9 Å². The summed E-state index contributed by atoms with van der Waals surface area (Å²) in [4.78, 5) is 3.75. The molecule has 0 radical (unpaired) electrons. The van der Waals surface area contributed by atoms with Crippen LogP contribution in [-0.2, 0) is 15.9 Å². The Balaban J connectivity index is 1.54. The molecule has 0 bridgehead atoms. The predicted octanol–water partition coefficient (Wildman–Crippen LogP) is 2.99. The molecule has 3 atom stereocenters. The van der Waals surface area contributed by atoms with Gasteiger partial charge in [0.15, 0.2) is 6.29 Å². The fourth-order valence-electron chi connectivity index (χ4n) is 5.01. The minimum atomic E-state index is 0.0264. The Morgan fingerprint density at radius 3 is 2.83 bits per heavy atom. The summed E-state index contributed by atoms with van der Waals surface area (Å²) in [5, 5.41) is 1.42. The molecular weight excluding hydrogens is 288 g/mol. The number of fused-ring (bicyclic) bond motifs is 5. The lowest BCUT2D eigenvalue weighted by Crippen LogP contribution is -2.56. The molecule has 2 fully saturated rings. The minimum absolute atomic E-state index is 0.0264. The Hall–Kier alpha value is -1.36. The average molecular weight is 313 g/mol. The Labute approximate surface area is 137 Å². The van der Waals surface area contributed by atoms with Gasteiger partial charge in [-0.05, 0) is 11.6 Å². The molecule has 4 heteroatoms. The number of H-pyrrole nitrogens is 1. The number of aromatic amines is 1. The smallest absolute Gasteiger partial charge is 0.161 e. The predicted molar refractivity (Wildman–Crippen MR) is 89.1 cm³/mol. The molecule has 0 amide bonds. The first-order valence-electron chi connectivity index (χ1n) is 8.91. The maximum Gasteiger partial charge on any atom is 0.161 e. The van der Waals surface area contributed by atoms with E-state index < -0.39 is 0 Å². The summed E-state index contributed by atoms with van der Waals surface area (Å²) < 4.78 is 12.8. The van der Waals surface area contributed by atoms with Gasteiger partial charge in [0.2, 0.25) is 0 Å². The molecule has 1 aromatic carbocycles. The normalized spacial score (nSPS) is 34.5. The van der Waals surface area contributed by atoms with Gasteiger partial charge in [0.05, 0.1) is 39.0 Å². The van der Waals surface area contributed by atoms with Gasteiger partial charge in [0, 0.05) is 36.1 Å². The van der Waals surface area contributed by atoms with E-state index in [1.54, 1.807) is 5.56 Å². The number of aromatic nitrogens is 1. The molecular formula is C19H25N2O2+. The van der Waals surface area contributed by atoms with Gasteiger partial charge in [-0.2, -0.15) is 0 Å². The number of ether oxygens (including phenoxy) is 2. The van der Waals surface area contributed by atoms with Crippen molar-refractivity contribution in [2.45, 2.75) is 31.6 Å². The largest absolute Gasteiger partial charge is 0.353 e. The number of para-hydroxylation sites is 1. The Morgan fingerprint density at radius 1 is 1.13 bits per heavy atom. The lowest BCUT2D eigenvalue weighted by atomic mass is 9.82. The molecule has 2 aromatic rings. The van der Waals surface area contributed by atoms with Gasteiger partial charge < -0.3 is 18.9 Å². The number of piperidine rings is 1. The van der Waals surface area contributed by atoms with Crippen molar-refractivity contribution < 1.29 is 14.0 Å². The second-order valence-electron chi connectivity index (χ2n) is 7.65. The molecule has 1 N–H and O–H groups in total.